The highest BCUT2D eigenvalue weighted by atomic mass is 32.1. The van der Waals surface area contributed by atoms with E-state index in [4.69, 9.17) is 4.52 Å². The summed E-state index contributed by atoms with van der Waals surface area (Å²) in [5.41, 5.74) is -1.44. The van der Waals surface area contributed by atoms with Gasteiger partial charge in [-0.1, -0.05) is 23.4 Å². The Morgan fingerprint density at radius 3 is 2.67 bits per heavy atom. The molecule has 0 aliphatic rings. The molecule has 12 nitrogen and oxygen atoms in total. The number of aryl methyl sites for hydroxylation is 2. The van der Waals surface area contributed by atoms with Crippen molar-refractivity contribution in [1.82, 2.24) is 34.7 Å². The third kappa shape index (κ3) is 4.74. The molecule has 3 aromatic heterocycles. The second-order valence-corrected chi connectivity index (χ2v) is 7.86. The molecule has 0 spiro atoms. The molecule has 0 atom stereocenters. The summed E-state index contributed by atoms with van der Waals surface area (Å²) in [6, 6.07) is 5.02. The highest BCUT2D eigenvalue weighted by Gasteiger charge is 2.19. The van der Waals surface area contributed by atoms with Gasteiger partial charge in [0.1, 0.15) is 10.8 Å². The number of hydrogen-bond acceptors (Lipinski definition) is 10. The number of nitrogens with one attached hydrogen (secondary N) is 1. The van der Waals surface area contributed by atoms with Gasteiger partial charge >= 0.3 is 5.69 Å². The molecular weight excluding hydrogens is 455 g/mol. The highest BCUT2D eigenvalue weighted by molar-refractivity contribution is 7.15. The molecule has 0 unspecified atom stereocenters. The summed E-state index contributed by atoms with van der Waals surface area (Å²) in [5.74, 6) is -0.832. The SMILES string of the molecule is CCc1nnc(NC(=O)CCc2nc(-c3nn(-c4ccc(F)cc4)c(=O)n(C)c3=O)no2)s1. The van der Waals surface area contributed by atoms with Gasteiger partial charge in [0.05, 0.1) is 5.69 Å². The van der Waals surface area contributed by atoms with E-state index in [1.165, 1.54) is 30.5 Å². The summed E-state index contributed by atoms with van der Waals surface area (Å²) in [5, 5.41) is 19.5. The van der Waals surface area contributed by atoms with Crippen molar-refractivity contribution in [1.29, 1.82) is 0 Å². The molecule has 4 rings (SSSR count). The van der Waals surface area contributed by atoms with Crippen molar-refractivity contribution >= 4 is 22.4 Å². The maximum atomic E-state index is 13.2. The van der Waals surface area contributed by atoms with Crippen molar-refractivity contribution in [2.45, 2.75) is 26.2 Å². The number of hydrogen-bond donors (Lipinski definition) is 1. The van der Waals surface area contributed by atoms with Crippen LogP contribution < -0.4 is 16.6 Å². The summed E-state index contributed by atoms with van der Waals surface area (Å²) in [6.45, 7) is 1.94. The minimum Gasteiger partial charge on any atom is -0.339 e. The summed E-state index contributed by atoms with van der Waals surface area (Å²) in [6.07, 6.45) is 0.861. The summed E-state index contributed by atoms with van der Waals surface area (Å²) in [4.78, 5) is 41.3. The highest BCUT2D eigenvalue weighted by Crippen LogP contribution is 2.16. The van der Waals surface area contributed by atoms with E-state index in [2.05, 4.69) is 30.8 Å². The topological polar surface area (TPSA) is 151 Å². The number of amides is 1. The van der Waals surface area contributed by atoms with E-state index < -0.39 is 17.1 Å². The van der Waals surface area contributed by atoms with Crippen LogP contribution in [0.15, 0.2) is 38.4 Å². The van der Waals surface area contributed by atoms with Crippen molar-refractivity contribution in [2.75, 3.05) is 5.32 Å². The standard InChI is InChI=1S/C19H17FN8O4S/c1-3-14-23-24-18(33-14)21-12(29)8-9-13-22-16(26-32-13)15-17(30)27(2)19(31)28(25-15)11-6-4-10(20)5-7-11/h4-7H,3,8-9H2,1-2H3,(H,21,24,29). The molecule has 14 heteroatoms. The summed E-state index contributed by atoms with van der Waals surface area (Å²) < 4.78 is 20.1. The quantitative estimate of drug-likeness (QED) is 0.417. The van der Waals surface area contributed by atoms with Gasteiger partial charge in [-0.3, -0.25) is 14.2 Å². The van der Waals surface area contributed by atoms with Gasteiger partial charge in [-0.15, -0.1) is 10.2 Å². The van der Waals surface area contributed by atoms with Crippen LogP contribution >= 0.6 is 11.3 Å². The molecular formula is C19H17FN8O4S. The first-order valence-corrected chi connectivity index (χ1v) is 10.6. The molecule has 0 saturated heterocycles. The lowest BCUT2D eigenvalue weighted by molar-refractivity contribution is -0.116. The number of nitrogens with zero attached hydrogens (tertiary/aromatic N) is 7. The third-order valence-electron chi connectivity index (χ3n) is 4.51. The summed E-state index contributed by atoms with van der Waals surface area (Å²) >= 11 is 1.29. The summed E-state index contributed by atoms with van der Waals surface area (Å²) in [7, 11) is 1.28. The predicted octanol–water partition coefficient (Wildman–Crippen LogP) is 1.11. The zero-order valence-corrected chi connectivity index (χ0v) is 18.3. The molecule has 0 bridgehead atoms. The first kappa shape index (κ1) is 22.1. The average molecular weight is 472 g/mol. The molecule has 0 saturated carbocycles. The Labute approximate surface area is 188 Å². The number of benzene rings is 1. The van der Waals surface area contributed by atoms with E-state index in [0.717, 1.165) is 32.8 Å². The number of aromatic nitrogens is 7. The van der Waals surface area contributed by atoms with Crippen molar-refractivity contribution in [3.8, 4) is 17.2 Å². The van der Waals surface area contributed by atoms with Gasteiger partial charge in [-0.25, -0.2) is 9.18 Å². The van der Waals surface area contributed by atoms with Crippen LogP contribution in [0.5, 0.6) is 0 Å². The van der Waals surface area contributed by atoms with E-state index in [-0.39, 0.29) is 41.8 Å². The van der Waals surface area contributed by atoms with Crippen molar-refractivity contribution in [3.63, 3.8) is 0 Å². The van der Waals surface area contributed by atoms with Crippen molar-refractivity contribution in [3.05, 3.63) is 61.8 Å². The Balaban J connectivity index is 1.53. The fraction of sp³-hybridized carbons (Fsp3) is 0.263. The lowest BCUT2D eigenvalue weighted by atomic mass is 10.3. The third-order valence-corrected chi connectivity index (χ3v) is 5.49. The maximum absolute atomic E-state index is 13.2. The van der Waals surface area contributed by atoms with Gasteiger partial charge in [0.15, 0.2) is 5.69 Å². The Kier molecular flexibility index (Phi) is 6.17. The average Bonchev–Trinajstić information content (AvgIpc) is 3.46. The molecule has 1 N–H and O–H groups in total. The maximum Gasteiger partial charge on any atom is 0.351 e. The monoisotopic (exact) mass is 472 g/mol. The van der Waals surface area contributed by atoms with Crippen LogP contribution in [-0.4, -0.2) is 40.6 Å². The molecule has 0 aliphatic carbocycles. The van der Waals surface area contributed by atoms with Crippen LogP contribution in [0.2, 0.25) is 0 Å². The van der Waals surface area contributed by atoms with Crippen LogP contribution in [-0.2, 0) is 24.7 Å². The van der Waals surface area contributed by atoms with Gasteiger partial charge < -0.3 is 9.84 Å². The minimum atomic E-state index is -0.730. The fourth-order valence-electron chi connectivity index (χ4n) is 2.77. The molecule has 1 aromatic carbocycles. The largest absolute Gasteiger partial charge is 0.351 e. The molecule has 1 amide bonds. The number of carbonyl (C=O) groups excluding carboxylic acids is 1. The fourth-order valence-corrected chi connectivity index (χ4v) is 3.46. The second kappa shape index (κ2) is 9.20. The Morgan fingerprint density at radius 1 is 1.21 bits per heavy atom. The lowest BCUT2D eigenvalue weighted by Crippen LogP contribution is -2.40. The molecule has 4 aromatic rings. The van der Waals surface area contributed by atoms with Crippen LogP contribution in [0.3, 0.4) is 0 Å². The molecule has 170 valence electrons. The molecule has 3 heterocycles. The zero-order chi connectivity index (χ0) is 23.5. The van der Waals surface area contributed by atoms with E-state index in [0.29, 0.717) is 5.13 Å². The minimum absolute atomic E-state index is 0.0309. The van der Waals surface area contributed by atoms with Gasteiger partial charge in [-0.05, 0) is 30.7 Å². The second-order valence-electron chi connectivity index (χ2n) is 6.80. The van der Waals surface area contributed by atoms with Gasteiger partial charge in [-0.2, -0.15) is 14.8 Å². The van der Waals surface area contributed by atoms with Crippen LogP contribution in [0.25, 0.3) is 17.2 Å². The van der Waals surface area contributed by atoms with Crippen LogP contribution in [0.4, 0.5) is 9.52 Å². The molecule has 0 aliphatic heterocycles. The van der Waals surface area contributed by atoms with Gasteiger partial charge in [0.25, 0.3) is 5.56 Å². The van der Waals surface area contributed by atoms with Gasteiger partial charge in [0, 0.05) is 19.9 Å². The van der Waals surface area contributed by atoms with Crippen molar-refractivity contribution in [2.24, 2.45) is 7.05 Å². The predicted molar refractivity (Wildman–Crippen MR) is 115 cm³/mol. The molecule has 33 heavy (non-hydrogen) atoms. The Morgan fingerprint density at radius 2 is 1.97 bits per heavy atom. The Bertz CT molecular complexity index is 1420. The Hall–Kier alpha value is -4.07. The molecule has 0 fully saturated rings. The van der Waals surface area contributed by atoms with E-state index in [1.807, 2.05) is 6.92 Å². The van der Waals surface area contributed by atoms with E-state index in [1.54, 1.807) is 0 Å². The van der Waals surface area contributed by atoms with Crippen LogP contribution in [0, 0.1) is 5.82 Å². The number of halogens is 1. The van der Waals surface area contributed by atoms with E-state index >= 15 is 0 Å². The zero-order valence-electron chi connectivity index (χ0n) is 17.5. The first-order valence-electron chi connectivity index (χ1n) is 9.77. The normalized spacial score (nSPS) is 11.0. The smallest absolute Gasteiger partial charge is 0.339 e. The first-order chi connectivity index (χ1) is 15.9. The number of rotatable bonds is 7. The molecule has 0 radical (unpaired) electrons. The number of anilines is 1. The number of carbonyl (C=O) groups is 1. The lowest BCUT2D eigenvalue weighted by Gasteiger charge is -2.07. The van der Waals surface area contributed by atoms with E-state index in [9.17, 15) is 18.8 Å². The van der Waals surface area contributed by atoms with Gasteiger partial charge in [0.2, 0.25) is 22.8 Å². The van der Waals surface area contributed by atoms with Crippen LogP contribution in [0.1, 0.15) is 24.2 Å². The van der Waals surface area contributed by atoms with Crippen molar-refractivity contribution < 1.29 is 13.7 Å².